The number of likely N-dealkylation sites (N-methyl/N-ethyl adjacent to an activating group) is 1. The molecule has 2 aromatic carbocycles. The van der Waals surface area contributed by atoms with Crippen molar-refractivity contribution in [3.8, 4) is 33.8 Å². The van der Waals surface area contributed by atoms with Crippen molar-refractivity contribution in [1.29, 1.82) is 0 Å². The van der Waals surface area contributed by atoms with E-state index in [1.165, 1.54) is 17.6 Å². The van der Waals surface area contributed by atoms with E-state index < -0.39 is 5.54 Å². The monoisotopic (exact) mass is 435 g/mol. The van der Waals surface area contributed by atoms with E-state index in [0.29, 0.717) is 22.6 Å². The van der Waals surface area contributed by atoms with Crippen LogP contribution in [0.25, 0.3) is 22.3 Å². The molecule has 0 bridgehead atoms. The van der Waals surface area contributed by atoms with Gasteiger partial charge in [0.15, 0.2) is 5.96 Å². The predicted molar refractivity (Wildman–Crippen MR) is 120 cm³/mol. The lowest BCUT2D eigenvalue weighted by Gasteiger charge is -2.34. The van der Waals surface area contributed by atoms with Crippen LogP contribution in [-0.2, 0) is 10.3 Å². The normalized spacial score (nSPS) is 15.6. The molecule has 9 nitrogen and oxygen atoms in total. The molecule has 0 saturated heterocycles. The highest BCUT2D eigenvalue weighted by atomic mass is 16.5. The molecular weight excluding hydrogens is 418 g/mol. The Morgan fingerprint density at radius 1 is 0.788 bits per heavy atom. The number of guanidine groups is 1. The SMILES string of the molecule is CN1C(=O)C2(N=C1N)c1cc(-c3cncnc3)ccc1Oc1ccc(-c3cncnc3)cc12. The van der Waals surface area contributed by atoms with E-state index in [1.54, 1.807) is 31.8 Å². The van der Waals surface area contributed by atoms with Gasteiger partial charge in [0.05, 0.1) is 0 Å². The first-order valence-corrected chi connectivity index (χ1v) is 10.2. The Labute approximate surface area is 188 Å². The van der Waals surface area contributed by atoms with Crippen molar-refractivity contribution in [3.63, 3.8) is 0 Å². The average Bonchev–Trinajstić information content (AvgIpc) is 3.09. The number of ether oxygens (including phenoxy) is 1. The molecule has 0 radical (unpaired) electrons. The molecule has 2 aliphatic heterocycles. The van der Waals surface area contributed by atoms with Gasteiger partial charge in [0.2, 0.25) is 5.54 Å². The topological polar surface area (TPSA) is 119 Å². The molecule has 2 aromatic heterocycles. The van der Waals surface area contributed by atoms with Gasteiger partial charge in [0.25, 0.3) is 5.91 Å². The molecular formula is C24H17N7O2. The number of nitrogens with two attached hydrogens (primary N) is 1. The lowest BCUT2D eigenvalue weighted by Crippen LogP contribution is -2.42. The van der Waals surface area contributed by atoms with Crippen LogP contribution in [0.2, 0.25) is 0 Å². The van der Waals surface area contributed by atoms with E-state index in [2.05, 4.69) is 19.9 Å². The summed E-state index contributed by atoms with van der Waals surface area (Å²) in [6, 6.07) is 11.3. The lowest BCUT2D eigenvalue weighted by atomic mass is 9.78. The van der Waals surface area contributed by atoms with E-state index >= 15 is 0 Å². The van der Waals surface area contributed by atoms with Crippen LogP contribution in [0, 0.1) is 0 Å². The maximum absolute atomic E-state index is 13.7. The fraction of sp³-hybridized carbons (Fsp3) is 0.0833. The number of fused-ring (bicyclic) bond motifs is 4. The lowest BCUT2D eigenvalue weighted by molar-refractivity contribution is -0.129. The quantitative estimate of drug-likeness (QED) is 0.514. The minimum Gasteiger partial charge on any atom is -0.457 e. The minimum atomic E-state index is -1.38. The number of nitrogens with zero attached hydrogens (tertiary/aromatic N) is 6. The molecule has 2 aliphatic rings. The van der Waals surface area contributed by atoms with E-state index in [4.69, 9.17) is 15.5 Å². The van der Waals surface area contributed by atoms with Crippen molar-refractivity contribution in [2.24, 2.45) is 10.7 Å². The fourth-order valence-electron chi connectivity index (χ4n) is 4.31. The zero-order chi connectivity index (χ0) is 22.6. The Morgan fingerprint density at radius 3 is 1.70 bits per heavy atom. The van der Waals surface area contributed by atoms with Crippen molar-refractivity contribution in [1.82, 2.24) is 24.8 Å². The zero-order valence-electron chi connectivity index (χ0n) is 17.5. The predicted octanol–water partition coefficient (Wildman–Crippen LogP) is 2.74. The summed E-state index contributed by atoms with van der Waals surface area (Å²) in [4.78, 5) is 36.3. The van der Waals surface area contributed by atoms with Gasteiger partial charge >= 0.3 is 0 Å². The van der Waals surface area contributed by atoms with Crippen molar-refractivity contribution in [2.75, 3.05) is 7.05 Å². The Bertz CT molecular complexity index is 1350. The van der Waals surface area contributed by atoms with E-state index in [1.807, 2.05) is 36.4 Å². The van der Waals surface area contributed by atoms with Crippen LogP contribution in [0.15, 0.2) is 78.8 Å². The summed E-state index contributed by atoms with van der Waals surface area (Å²) < 4.78 is 6.22. The van der Waals surface area contributed by atoms with E-state index in [-0.39, 0.29) is 11.9 Å². The molecule has 1 spiro atoms. The third-order valence-corrected chi connectivity index (χ3v) is 5.99. The van der Waals surface area contributed by atoms with Gasteiger partial charge in [0.1, 0.15) is 24.2 Å². The number of hydrogen-bond donors (Lipinski definition) is 1. The van der Waals surface area contributed by atoms with Gasteiger partial charge < -0.3 is 10.5 Å². The molecule has 1 amide bonds. The smallest absolute Gasteiger partial charge is 0.266 e. The molecule has 160 valence electrons. The average molecular weight is 435 g/mol. The highest BCUT2D eigenvalue weighted by molar-refractivity contribution is 6.10. The van der Waals surface area contributed by atoms with Gasteiger partial charge in [-0.05, 0) is 35.4 Å². The van der Waals surface area contributed by atoms with Crippen molar-refractivity contribution in [3.05, 3.63) is 85.0 Å². The zero-order valence-corrected chi connectivity index (χ0v) is 17.5. The first-order chi connectivity index (χ1) is 16.1. The molecule has 4 heterocycles. The van der Waals surface area contributed by atoms with Crippen molar-refractivity contribution >= 4 is 11.9 Å². The van der Waals surface area contributed by atoms with Crippen molar-refractivity contribution < 1.29 is 9.53 Å². The van der Waals surface area contributed by atoms with Crippen LogP contribution >= 0.6 is 0 Å². The molecule has 9 heteroatoms. The number of hydrogen-bond acceptors (Lipinski definition) is 8. The summed E-state index contributed by atoms with van der Waals surface area (Å²) in [5.41, 5.74) is 9.30. The van der Waals surface area contributed by atoms with Gasteiger partial charge in [-0.25, -0.2) is 24.9 Å². The molecule has 33 heavy (non-hydrogen) atoms. The van der Waals surface area contributed by atoms with E-state index in [9.17, 15) is 4.79 Å². The van der Waals surface area contributed by atoms with E-state index in [0.717, 1.165) is 22.3 Å². The summed E-state index contributed by atoms with van der Waals surface area (Å²) in [5.74, 6) is 0.965. The van der Waals surface area contributed by atoms with Crippen LogP contribution in [0.4, 0.5) is 0 Å². The number of aromatic nitrogens is 4. The molecule has 0 unspecified atom stereocenters. The number of amides is 1. The van der Waals surface area contributed by atoms with Gasteiger partial charge in [-0.1, -0.05) is 12.1 Å². The number of benzene rings is 2. The second-order valence-corrected chi connectivity index (χ2v) is 7.82. The molecule has 4 aromatic rings. The third kappa shape index (κ3) is 2.72. The number of rotatable bonds is 2. The summed E-state index contributed by atoms with van der Waals surface area (Å²) in [5, 5.41) is 0. The maximum Gasteiger partial charge on any atom is 0.266 e. The fourth-order valence-corrected chi connectivity index (χ4v) is 4.31. The standard InChI is InChI=1S/C24H17N7O2/c1-31-22(32)24(30-23(31)25)18-6-14(16-8-26-12-27-9-16)2-4-20(18)33-21-5-3-15(7-19(21)24)17-10-28-13-29-11-17/h2-13H,1H3,(H2,25,30). The molecule has 0 atom stereocenters. The van der Waals surface area contributed by atoms with Crippen LogP contribution in [0.5, 0.6) is 11.5 Å². The van der Waals surface area contributed by atoms with Gasteiger partial charge in [-0.15, -0.1) is 0 Å². The highest BCUT2D eigenvalue weighted by Gasteiger charge is 2.54. The summed E-state index contributed by atoms with van der Waals surface area (Å²) >= 11 is 0. The Balaban J connectivity index is 1.62. The third-order valence-electron chi connectivity index (χ3n) is 5.99. The van der Waals surface area contributed by atoms with Gasteiger partial charge in [0, 0.05) is 54.1 Å². The Hall–Kier alpha value is -4.66. The molecule has 0 fully saturated rings. The van der Waals surface area contributed by atoms with Crippen LogP contribution < -0.4 is 10.5 Å². The Morgan fingerprint density at radius 2 is 1.27 bits per heavy atom. The number of aliphatic imine (C=N–C) groups is 1. The molecule has 0 saturated carbocycles. The second kappa shape index (κ2) is 6.92. The summed E-state index contributed by atoms with van der Waals surface area (Å²) in [6.45, 7) is 0. The number of carbonyl (C=O) groups excluding carboxylic acids is 1. The molecule has 2 N–H and O–H groups in total. The number of carbonyl (C=O) groups is 1. The highest BCUT2D eigenvalue weighted by Crippen LogP contribution is 2.53. The maximum atomic E-state index is 13.7. The Kier molecular flexibility index (Phi) is 4.00. The van der Waals surface area contributed by atoms with Crippen molar-refractivity contribution in [2.45, 2.75) is 5.54 Å². The molecule has 6 rings (SSSR count). The van der Waals surface area contributed by atoms with Crippen LogP contribution in [-0.4, -0.2) is 43.8 Å². The first kappa shape index (κ1) is 19.1. The summed E-state index contributed by atoms with van der Waals surface area (Å²) in [7, 11) is 1.62. The first-order valence-electron chi connectivity index (χ1n) is 10.2. The molecule has 0 aliphatic carbocycles. The summed E-state index contributed by atoms with van der Waals surface area (Å²) in [6.07, 6.45) is 9.80. The van der Waals surface area contributed by atoms with Gasteiger partial charge in [-0.2, -0.15) is 0 Å². The van der Waals surface area contributed by atoms with Crippen LogP contribution in [0.3, 0.4) is 0 Å². The second-order valence-electron chi connectivity index (χ2n) is 7.82. The van der Waals surface area contributed by atoms with Crippen LogP contribution in [0.1, 0.15) is 11.1 Å². The largest absolute Gasteiger partial charge is 0.457 e. The minimum absolute atomic E-state index is 0.140. The van der Waals surface area contributed by atoms with Gasteiger partial charge in [-0.3, -0.25) is 9.69 Å².